The predicted molar refractivity (Wildman–Crippen MR) is 256 cm³/mol. The van der Waals surface area contributed by atoms with Gasteiger partial charge in [-0.1, -0.05) is 166 Å². The Morgan fingerprint density at radius 2 is 0.554 bits per heavy atom. The molecule has 0 aliphatic rings. The zero-order valence-electron chi connectivity index (χ0n) is 39.8. The summed E-state index contributed by atoms with van der Waals surface area (Å²) in [5, 5.41) is 8.99. The van der Waals surface area contributed by atoms with Crippen LogP contribution in [0.25, 0.3) is 0 Å². The van der Waals surface area contributed by atoms with Crippen LogP contribution >= 0.6 is 0 Å². The summed E-state index contributed by atoms with van der Waals surface area (Å²) < 4.78 is 0. The fourth-order valence-electron chi connectivity index (χ4n) is 7.50. The summed E-state index contributed by atoms with van der Waals surface area (Å²) in [6, 6.07) is 0. The highest BCUT2D eigenvalue weighted by molar-refractivity contribution is 5.10. The zero-order valence-corrected chi connectivity index (χ0v) is 39.8. The van der Waals surface area contributed by atoms with E-state index in [1.54, 1.807) is 11.1 Å². The second-order valence-corrected chi connectivity index (χ2v) is 18.7. The molecule has 1 heteroatoms. The van der Waals surface area contributed by atoms with E-state index in [2.05, 4.69) is 126 Å². The van der Waals surface area contributed by atoms with E-state index >= 15 is 0 Å². The normalized spacial score (nSPS) is 15.7. The molecule has 0 fully saturated rings. The monoisotopic (exact) mass is 773 g/mol. The van der Waals surface area contributed by atoms with Crippen LogP contribution in [0.2, 0.25) is 0 Å². The third kappa shape index (κ3) is 36.2. The van der Waals surface area contributed by atoms with Crippen molar-refractivity contribution in [1.82, 2.24) is 0 Å². The van der Waals surface area contributed by atoms with Crippen molar-refractivity contribution in [3.8, 4) is 0 Å². The van der Waals surface area contributed by atoms with Crippen molar-refractivity contribution in [2.24, 2.45) is 17.8 Å². The quantitative estimate of drug-likeness (QED) is 0.0646. The highest BCUT2D eigenvalue weighted by atomic mass is 16.2. The van der Waals surface area contributed by atoms with Gasteiger partial charge in [0.05, 0.1) is 6.61 Å². The highest BCUT2D eigenvalue weighted by Gasteiger charge is 2.07. The molecule has 0 radical (unpaired) electrons. The van der Waals surface area contributed by atoms with Gasteiger partial charge < -0.3 is 5.11 Å². The van der Waals surface area contributed by atoms with Crippen molar-refractivity contribution >= 4 is 0 Å². The Balaban J connectivity index is 4.16. The lowest BCUT2D eigenvalue weighted by Crippen LogP contribution is -2.00. The van der Waals surface area contributed by atoms with E-state index in [4.69, 9.17) is 5.11 Å². The average molecular weight is 773 g/mol. The summed E-state index contributed by atoms with van der Waals surface area (Å²) in [5.41, 5.74) is 12.0. The zero-order chi connectivity index (χ0) is 42.0. The maximum atomic E-state index is 8.99. The largest absolute Gasteiger partial charge is 0.392 e. The number of rotatable bonds is 34. The molecule has 56 heavy (non-hydrogen) atoms. The molecule has 1 nitrogen and oxygen atoms in total. The van der Waals surface area contributed by atoms with Crippen LogP contribution in [0, 0.1) is 17.8 Å². The van der Waals surface area contributed by atoms with Crippen LogP contribution in [0.15, 0.2) is 93.2 Å². The molecule has 0 aliphatic carbocycles. The van der Waals surface area contributed by atoms with Gasteiger partial charge in [0.25, 0.3) is 0 Å². The van der Waals surface area contributed by atoms with Crippen LogP contribution in [0.1, 0.15) is 231 Å². The summed E-state index contributed by atoms with van der Waals surface area (Å²) in [4.78, 5) is 0. The second kappa shape index (κ2) is 36.0. The maximum absolute atomic E-state index is 8.99. The molecule has 0 heterocycles. The molecule has 0 unspecified atom stereocenters. The van der Waals surface area contributed by atoms with Crippen LogP contribution in [0.5, 0.6) is 0 Å². The lowest BCUT2D eigenvalue weighted by Gasteiger charge is -2.15. The Kier molecular flexibility index (Phi) is 34.6. The van der Waals surface area contributed by atoms with Gasteiger partial charge >= 0.3 is 0 Å². The summed E-state index contributed by atoms with van der Waals surface area (Å²) in [6.07, 6.45) is 47.7. The van der Waals surface area contributed by atoms with Crippen molar-refractivity contribution in [2.75, 3.05) is 6.61 Å². The molecular weight excluding hydrogens is 677 g/mol. The first-order chi connectivity index (χ1) is 26.7. The lowest BCUT2D eigenvalue weighted by molar-refractivity contribution is 0.341. The van der Waals surface area contributed by atoms with Gasteiger partial charge in [-0.3, -0.25) is 0 Å². The molecule has 0 saturated heterocycles. The van der Waals surface area contributed by atoms with E-state index in [-0.39, 0.29) is 6.61 Å². The molecule has 0 aromatic carbocycles. The highest BCUT2D eigenvalue weighted by Crippen LogP contribution is 2.23. The Morgan fingerprint density at radius 1 is 0.321 bits per heavy atom. The van der Waals surface area contributed by atoms with Crippen LogP contribution in [0.3, 0.4) is 0 Å². The molecule has 0 spiro atoms. The summed E-state index contributed by atoms with van der Waals surface area (Å²) in [5.74, 6) is 2.64. The Hall–Kier alpha value is -2.12. The third-order valence-corrected chi connectivity index (χ3v) is 11.8. The molecule has 0 rings (SSSR count). The molecule has 1 N–H and O–H groups in total. The first-order valence-electron chi connectivity index (χ1n) is 23.6. The molecule has 0 aromatic rings. The molecule has 2 atom stereocenters. The first kappa shape index (κ1) is 53.9. The minimum absolute atomic E-state index is 0.151. The Morgan fingerprint density at radius 3 is 0.821 bits per heavy atom. The van der Waals surface area contributed by atoms with Gasteiger partial charge in [-0.05, 0) is 176 Å². The van der Waals surface area contributed by atoms with Gasteiger partial charge in [-0.25, -0.2) is 0 Å². The van der Waals surface area contributed by atoms with Gasteiger partial charge in [-0.2, -0.15) is 0 Å². The van der Waals surface area contributed by atoms with Crippen LogP contribution < -0.4 is 0 Å². The molecule has 0 saturated carbocycles. The fraction of sp³-hybridized carbons (Fsp3) is 0.709. The average Bonchev–Trinajstić information content (AvgIpc) is 3.11. The summed E-state index contributed by atoms with van der Waals surface area (Å²) >= 11 is 0. The van der Waals surface area contributed by atoms with Gasteiger partial charge in [0.1, 0.15) is 0 Å². The smallest absolute Gasteiger partial charge is 0.0614 e. The Labute approximate surface area is 352 Å². The number of hydrogen-bond donors (Lipinski definition) is 1. The maximum Gasteiger partial charge on any atom is 0.0614 e. The van der Waals surface area contributed by atoms with Crippen LogP contribution in [0.4, 0.5) is 0 Å². The molecule has 322 valence electrons. The predicted octanol–water partition coefficient (Wildman–Crippen LogP) is 18.4. The van der Waals surface area contributed by atoms with Gasteiger partial charge in [0.15, 0.2) is 0 Å². The van der Waals surface area contributed by atoms with Gasteiger partial charge in [-0.15, -0.1) is 0 Å². The standard InChI is InChI=1S/C55H96O/c1-45(2)23-13-24-46(3)25-14-26-47(4)27-15-28-48(5)29-16-30-49(6)31-17-32-50(7)33-18-34-51(8)35-19-36-52(9)37-20-38-53(10)39-21-40-54(11)41-22-42-55(12)43-44-56/h29,31,33,35,37,39,41,43,45-47,56H,13-28,30,32,34,36,38,40,42,44H2,1-12H3/b48-29+,49-31-,50-33-,51-35-,52-37-,53-39-,54-41-,55-43-/t46-,47-/m1/s1. The van der Waals surface area contributed by atoms with Crippen molar-refractivity contribution in [2.45, 2.75) is 231 Å². The Bertz CT molecular complexity index is 1240. The molecule has 0 aliphatic heterocycles. The van der Waals surface area contributed by atoms with E-state index in [0.717, 1.165) is 69.1 Å². The number of aliphatic hydroxyl groups excluding tert-OH is 1. The summed E-state index contributed by atoms with van der Waals surface area (Å²) in [6.45, 7) is 28.0. The van der Waals surface area contributed by atoms with Crippen molar-refractivity contribution in [3.63, 3.8) is 0 Å². The third-order valence-electron chi connectivity index (χ3n) is 11.8. The number of aliphatic hydroxyl groups is 1. The van der Waals surface area contributed by atoms with Gasteiger partial charge in [0, 0.05) is 0 Å². The lowest BCUT2D eigenvalue weighted by atomic mass is 9.91. The molecule has 0 amide bonds. The summed E-state index contributed by atoms with van der Waals surface area (Å²) in [7, 11) is 0. The van der Waals surface area contributed by atoms with Gasteiger partial charge in [0.2, 0.25) is 0 Å². The van der Waals surface area contributed by atoms with E-state index in [9.17, 15) is 0 Å². The topological polar surface area (TPSA) is 20.2 Å². The molecular formula is C55H96O. The molecule has 0 bridgehead atoms. The van der Waals surface area contributed by atoms with Crippen molar-refractivity contribution in [1.29, 1.82) is 0 Å². The number of hydrogen-bond acceptors (Lipinski definition) is 1. The number of allylic oxidation sites excluding steroid dienone is 15. The second-order valence-electron chi connectivity index (χ2n) is 18.7. The SMILES string of the molecule is C/C(=C/CO)CC/C=C(/C)CC/C=C(/C)CC/C=C(/C)CC/C=C(/C)CC/C=C(/C)CC/C=C(/C)CC/C=C(\C)CCC[C@H](C)CCC[C@H](C)CCCC(C)C. The first-order valence-corrected chi connectivity index (χ1v) is 23.6. The van der Waals surface area contributed by atoms with Crippen LogP contribution in [-0.4, -0.2) is 11.7 Å². The minimum atomic E-state index is 0.151. The minimum Gasteiger partial charge on any atom is -0.392 e. The van der Waals surface area contributed by atoms with E-state index in [1.807, 2.05) is 6.08 Å². The fourth-order valence-corrected chi connectivity index (χ4v) is 7.50. The van der Waals surface area contributed by atoms with Crippen molar-refractivity contribution in [3.05, 3.63) is 93.2 Å². The van der Waals surface area contributed by atoms with Crippen LogP contribution in [-0.2, 0) is 0 Å². The van der Waals surface area contributed by atoms with E-state index in [0.29, 0.717) is 0 Å². The molecule has 0 aromatic heterocycles. The van der Waals surface area contributed by atoms with E-state index in [1.165, 1.54) is 130 Å². The van der Waals surface area contributed by atoms with E-state index < -0.39 is 0 Å². The van der Waals surface area contributed by atoms with Crippen molar-refractivity contribution < 1.29 is 5.11 Å².